The smallest absolute Gasteiger partial charge is 0.336 e. The molecule has 0 rings (SSSR count). The first kappa shape index (κ1) is 9.28. The van der Waals surface area contributed by atoms with Crippen molar-refractivity contribution in [3.8, 4) is 0 Å². The van der Waals surface area contributed by atoms with Gasteiger partial charge in [-0.1, -0.05) is 0 Å². The molecule has 16 heavy (non-hydrogen) atoms. The zero-order chi connectivity index (χ0) is 15.6. The third-order valence-corrected chi connectivity index (χ3v) is 1.19. The van der Waals surface area contributed by atoms with Gasteiger partial charge in [0.2, 0.25) is 0 Å². The Labute approximate surface area is 93.7 Å². The van der Waals surface area contributed by atoms with E-state index in [0.29, 0.717) is 6.92 Å². The summed E-state index contributed by atoms with van der Waals surface area (Å²) in [6, 6.07) is 0. The van der Waals surface area contributed by atoms with E-state index in [2.05, 4.69) is 4.74 Å². The van der Waals surface area contributed by atoms with E-state index in [1.807, 2.05) is 0 Å². The number of carbonyl (C=O) groups excluding carboxylic acids is 2. The van der Waals surface area contributed by atoms with Crippen LogP contribution in [0.15, 0.2) is 0 Å². The molecule has 0 spiro atoms. The Morgan fingerprint density at radius 3 is 2.12 bits per heavy atom. The fraction of sp³-hybridized carbons (Fsp3) is 0.500. The minimum Gasteiger partial charge on any atom is -0.481 e. The molecule has 8 heteroatoms. The Balaban J connectivity index is 5.75. The van der Waals surface area contributed by atoms with Crippen molar-refractivity contribution in [1.29, 1.82) is 0 Å². The second-order valence-electron chi connectivity index (χ2n) is 2.56. The molecule has 0 heterocycles. The van der Waals surface area contributed by atoms with Gasteiger partial charge in [0.1, 0.15) is 0 Å². The normalized spacial score (nSPS) is 19.2. The summed E-state index contributed by atoms with van der Waals surface area (Å²) in [5.41, 5.74) is -3.93. The average Bonchev–Trinajstić information content (AvgIpc) is 2.24. The summed E-state index contributed by atoms with van der Waals surface area (Å²) in [7, 11) is 0. The number of carboxylic acid groups (broad SMARTS) is 2. The third-order valence-electron chi connectivity index (χ3n) is 1.19. The second kappa shape index (κ2) is 5.21. The number of hydrogen-bond acceptors (Lipinski definition) is 6. The zero-order valence-electron chi connectivity index (χ0n) is 11.0. The van der Waals surface area contributed by atoms with Gasteiger partial charge in [-0.15, -0.1) is 0 Å². The van der Waals surface area contributed by atoms with Crippen LogP contribution >= 0.6 is 0 Å². The summed E-state index contributed by atoms with van der Waals surface area (Å²) < 4.78 is 25.1. The average molecular weight is 237 g/mol. The molecule has 0 aliphatic carbocycles. The van der Waals surface area contributed by atoms with E-state index in [-0.39, 0.29) is 0 Å². The summed E-state index contributed by atoms with van der Waals surface area (Å²) >= 11 is 0. The number of rotatable bonds is 5. The van der Waals surface area contributed by atoms with Gasteiger partial charge in [-0.25, -0.2) is 4.79 Å². The highest BCUT2D eigenvalue weighted by molar-refractivity contribution is 5.91. The van der Waals surface area contributed by atoms with E-state index >= 15 is 0 Å². The first-order valence-corrected chi connectivity index (χ1v) is 3.72. The number of aliphatic carboxylic acids is 2. The van der Waals surface area contributed by atoms with Crippen LogP contribution in [0.2, 0.25) is 0 Å². The molecular weight excluding hydrogens is 224 g/mol. The molecule has 0 saturated carbocycles. The zero-order valence-corrected chi connectivity index (χ0v) is 7.96. The summed E-state index contributed by atoms with van der Waals surface area (Å²) in [5, 5.41) is 26.8. The maximum absolute atomic E-state index is 11.2. The molecular formula is C8H10O8. The van der Waals surface area contributed by atoms with Crippen molar-refractivity contribution in [2.24, 2.45) is 0 Å². The maximum Gasteiger partial charge on any atom is 0.336 e. The van der Waals surface area contributed by atoms with Crippen molar-refractivity contribution >= 4 is 23.9 Å². The van der Waals surface area contributed by atoms with E-state index in [1.54, 1.807) is 0 Å². The molecule has 0 aromatic heterocycles. The van der Waals surface area contributed by atoms with Crippen molar-refractivity contribution in [2.75, 3.05) is 0 Å². The van der Waals surface area contributed by atoms with Crippen molar-refractivity contribution in [3.05, 3.63) is 0 Å². The summed E-state index contributed by atoms with van der Waals surface area (Å²) in [4.78, 5) is 43.1. The fourth-order valence-electron chi connectivity index (χ4n) is 0.642. The number of hydrogen-bond donors (Lipinski definition) is 3. The predicted octanol–water partition coefficient (Wildman–Crippen LogP) is -1.24. The molecule has 90 valence electrons. The maximum atomic E-state index is 11.2. The molecule has 0 amide bonds. The second-order valence-corrected chi connectivity index (χ2v) is 2.56. The largest absolute Gasteiger partial charge is 0.481 e. The first-order valence-electron chi connectivity index (χ1n) is 5.30. The molecule has 0 aliphatic heterocycles. The van der Waals surface area contributed by atoms with Crippen LogP contribution in [0.25, 0.3) is 0 Å². The van der Waals surface area contributed by atoms with Crippen LogP contribution in [0.3, 0.4) is 0 Å². The minimum absolute atomic E-state index is 0.711. The number of carbonyl (C=O) groups is 4. The Bertz CT molecular complexity index is 434. The van der Waals surface area contributed by atoms with E-state index in [1.165, 1.54) is 0 Å². The minimum atomic E-state index is -3.93. The molecule has 3 N–H and O–H groups in total. The topological polar surface area (TPSA) is 138 Å². The van der Waals surface area contributed by atoms with Gasteiger partial charge in [0.25, 0.3) is 0 Å². The fourth-order valence-corrected chi connectivity index (χ4v) is 0.642. The van der Waals surface area contributed by atoms with Crippen LogP contribution in [0.4, 0.5) is 0 Å². The Hall–Kier alpha value is -1.96. The summed E-state index contributed by atoms with van der Waals surface area (Å²) in [5.74, 6) is -8.04. The van der Waals surface area contributed by atoms with Crippen molar-refractivity contribution < 1.29 is 43.3 Å². The standard InChI is InChI=1S/C8H10O8/c1-4(9)16-6(12)3-8(15,7(13)14)2-5(10)11/h15H,2-3H2,1H3,(H,10,11)(H,13,14)/i2D,3D2. The number of carboxylic acids is 2. The third kappa shape index (κ3) is 4.51. The SMILES string of the molecule is [2H]C(C(=O)O)C(O)(C(=O)O)C([2H])([2H])C(=O)OC(C)=O. The molecule has 0 aromatic rings. The molecule has 8 nitrogen and oxygen atoms in total. The predicted molar refractivity (Wildman–Crippen MR) is 46.2 cm³/mol. The number of aliphatic hydroxyl groups is 1. The van der Waals surface area contributed by atoms with Crippen LogP contribution < -0.4 is 0 Å². The highest BCUT2D eigenvalue weighted by Gasteiger charge is 2.41. The van der Waals surface area contributed by atoms with Gasteiger partial charge in [0.05, 0.1) is 12.8 Å². The summed E-state index contributed by atoms with van der Waals surface area (Å²) in [6.45, 7) is 0.711. The highest BCUT2D eigenvalue weighted by Crippen LogP contribution is 2.16. The molecule has 0 bridgehead atoms. The highest BCUT2D eigenvalue weighted by atomic mass is 16.6. The van der Waals surface area contributed by atoms with Crippen LogP contribution in [0.5, 0.6) is 0 Å². The number of esters is 2. The molecule has 0 saturated heterocycles. The van der Waals surface area contributed by atoms with Crippen molar-refractivity contribution in [1.82, 2.24) is 0 Å². The van der Waals surface area contributed by atoms with Gasteiger partial charge < -0.3 is 20.1 Å². The van der Waals surface area contributed by atoms with Crippen molar-refractivity contribution in [3.63, 3.8) is 0 Å². The van der Waals surface area contributed by atoms with Gasteiger partial charge in [-0.2, -0.15) is 0 Å². The van der Waals surface area contributed by atoms with Crippen LogP contribution in [-0.4, -0.2) is 44.8 Å². The van der Waals surface area contributed by atoms with Gasteiger partial charge in [0, 0.05) is 11.0 Å². The summed E-state index contributed by atoms with van der Waals surface area (Å²) in [6.07, 6.45) is -6.74. The Morgan fingerprint density at radius 1 is 1.31 bits per heavy atom. The lowest BCUT2D eigenvalue weighted by atomic mass is 9.96. The van der Waals surface area contributed by atoms with Gasteiger partial charge >= 0.3 is 23.9 Å². The van der Waals surface area contributed by atoms with E-state index in [0.717, 1.165) is 0 Å². The Morgan fingerprint density at radius 2 is 1.81 bits per heavy atom. The Kier molecular flexibility index (Phi) is 3.02. The molecule has 0 aromatic carbocycles. The van der Waals surface area contributed by atoms with Gasteiger partial charge in [-0.3, -0.25) is 14.4 Å². The number of ether oxygens (including phenoxy) is 1. The van der Waals surface area contributed by atoms with E-state index in [9.17, 15) is 24.3 Å². The first-order chi connectivity index (χ1) is 8.38. The van der Waals surface area contributed by atoms with E-state index in [4.69, 9.17) is 14.3 Å². The van der Waals surface area contributed by atoms with E-state index < -0.39 is 42.2 Å². The van der Waals surface area contributed by atoms with Crippen LogP contribution in [0, 0.1) is 0 Å². The molecule has 2 atom stereocenters. The monoisotopic (exact) mass is 237 g/mol. The van der Waals surface area contributed by atoms with Crippen LogP contribution in [-0.2, 0) is 23.9 Å². The molecule has 2 unspecified atom stereocenters. The lowest BCUT2D eigenvalue weighted by molar-refractivity contribution is -0.174. The molecule has 0 aliphatic rings. The molecule has 0 radical (unpaired) electrons. The lowest BCUT2D eigenvalue weighted by Crippen LogP contribution is -2.43. The van der Waals surface area contributed by atoms with Gasteiger partial charge in [0.15, 0.2) is 5.60 Å². The molecule has 0 fully saturated rings. The lowest BCUT2D eigenvalue weighted by Gasteiger charge is -2.19. The van der Waals surface area contributed by atoms with Crippen molar-refractivity contribution in [2.45, 2.75) is 25.3 Å². The van der Waals surface area contributed by atoms with Crippen LogP contribution in [0.1, 0.15) is 23.8 Å². The van der Waals surface area contributed by atoms with Gasteiger partial charge in [-0.05, 0) is 0 Å². The quantitative estimate of drug-likeness (QED) is 0.398.